The molecule has 4 saturated carbocycles. The van der Waals surface area contributed by atoms with E-state index in [0.29, 0.717) is 29.6 Å². The lowest BCUT2D eigenvalue weighted by atomic mass is 9.42. The molecule has 4 aliphatic rings. The molecule has 0 radical (unpaired) electrons. The summed E-state index contributed by atoms with van der Waals surface area (Å²) in [5, 5.41) is 12.4. The van der Waals surface area contributed by atoms with Gasteiger partial charge in [-0.3, -0.25) is 9.59 Å². The Kier molecular flexibility index (Phi) is 8.34. The Morgan fingerprint density at radius 1 is 1.00 bits per heavy atom. The molecule has 0 bridgehead atoms. The van der Waals surface area contributed by atoms with Crippen LogP contribution in [0.15, 0.2) is 0 Å². The Morgan fingerprint density at radius 2 is 1.72 bits per heavy atom. The van der Waals surface area contributed by atoms with Crippen LogP contribution in [0, 0.1) is 46.3 Å². The molecular formula is C31H52O4S. The Hall–Kier alpha value is -0.550. The quantitative estimate of drug-likeness (QED) is 0.354. The van der Waals surface area contributed by atoms with Gasteiger partial charge in [0.1, 0.15) is 6.10 Å². The van der Waals surface area contributed by atoms with E-state index in [1.165, 1.54) is 63.6 Å². The predicted molar refractivity (Wildman–Crippen MR) is 148 cm³/mol. The van der Waals surface area contributed by atoms with Gasteiger partial charge < -0.3 is 9.84 Å². The van der Waals surface area contributed by atoms with Crippen molar-refractivity contribution in [3.05, 3.63) is 0 Å². The molecule has 4 nitrogen and oxygen atoms in total. The molecule has 1 N–H and O–H groups in total. The van der Waals surface area contributed by atoms with E-state index >= 15 is 0 Å². The lowest BCUT2D eigenvalue weighted by Crippen LogP contribution is -2.68. The Bertz CT molecular complexity index is 827. The van der Waals surface area contributed by atoms with Gasteiger partial charge in [-0.25, -0.2) is 0 Å². The molecule has 0 aromatic heterocycles. The van der Waals surface area contributed by atoms with Gasteiger partial charge in [0.05, 0.1) is 5.60 Å². The summed E-state index contributed by atoms with van der Waals surface area (Å²) in [6.07, 6.45) is 11.9. The fourth-order valence-electron chi connectivity index (χ4n) is 9.92. The van der Waals surface area contributed by atoms with Crippen molar-refractivity contribution in [1.29, 1.82) is 0 Å². The normalized spacial score (nSPS) is 44.9. The first-order chi connectivity index (χ1) is 16.8. The summed E-state index contributed by atoms with van der Waals surface area (Å²) in [5.41, 5.74) is -0.828. The molecule has 10 atom stereocenters. The number of rotatable bonds is 7. The average Bonchev–Trinajstić information content (AvgIpc) is 3.12. The monoisotopic (exact) mass is 520 g/mol. The zero-order chi connectivity index (χ0) is 26.5. The van der Waals surface area contributed by atoms with E-state index in [4.69, 9.17) is 4.74 Å². The van der Waals surface area contributed by atoms with Crippen molar-refractivity contribution in [1.82, 2.24) is 0 Å². The number of ether oxygens (including phenoxy) is 1. The van der Waals surface area contributed by atoms with E-state index in [9.17, 15) is 14.7 Å². The molecule has 0 aromatic rings. The molecule has 0 saturated heterocycles. The van der Waals surface area contributed by atoms with Gasteiger partial charge >= 0.3 is 5.97 Å². The minimum Gasteiger partial charge on any atom is -0.462 e. The van der Waals surface area contributed by atoms with Crippen LogP contribution in [0.3, 0.4) is 0 Å². The van der Waals surface area contributed by atoms with Crippen molar-refractivity contribution >= 4 is 22.8 Å². The van der Waals surface area contributed by atoms with Crippen LogP contribution in [-0.2, 0) is 14.3 Å². The van der Waals surface area contributed by atoms with E-state index < -0.39 is 5.60 Å². The van der Waals surface area contributed by atoms with Gasteiger partial charge in [0, 0.05) is 30.9 Å². The van der Waals surface area contributed by atoms with Gasteiger partial charge in [0.2, 0.25) is 0 Å². The van der Waals surface area contributed by atoms with Crippen LogP contribution in [0.1, 0.15) is 119 Å². The first-order valence-electron chi connectivity index (χ1n) is 14.9. The standard InChI is InChI=1S/C31H52O4S/c1-19(2)9-8-10-20(3)25-11-12-26-24-17-28(36-22(5)33)31(34)18-23(35-21(4)32)13-16-30(31,7)27(24)14-15-29(25,26)6/h19-20,23-28,34H,8-18H2,1-7H3/t20-,23+,24+,25-,26+,27+,28-,29-,30-,31+/m1/s1. The van der Waals surface area contributed by atoms with Crippen molar-refractivity contribution in [2.75, 3.05) is 0 Å². The molecule has 0 amide bonds. The number of esters is 1. The zero-order valence-electron chi connectivity index (χ0n) is 24.0. The smallest absolute Gasteiger partial charge is 0.302 e. The summed E-state index contributed by atoms with van der Waals surface area (Å²) >= 11 is 1.36. The van der Waals surface area contributed by atoms with Gasteiger partial charge in [-0.15, -0.1) is 0 Å². The maximum atomic E-state index is 12.4. The third kappa shape index (κ3) is 4.94. The van der Waals surface area contributed by atoms with Crippen molar-refractivity contribution in [2.24, 2.45) is 46.3 Å². The molecule has 4 fully saturated rings. The van der Waals surface area contributed by atoms with Crippen molar-refractivity contribution in [3.63, 3.8) is 0 Å². The number of hydrogen-bond acceptors (Lipinski definition) is 5. The highest BCUT2D eigenvalue weighted by molar-refractivity contribution is 8.14. The van der Waals surface area contributed by atoms with E-state index in [2.05, 4.69) is 34.6 Å². The molecule has 5 heteroatoms. The molecule has 0 aliphatic heterocycles. The molecule has 0 unspecified atom stereocenters. The maximum absolute atomic E-state index is 12.4. The highest BCUT2D eigenvalue weighted by Gasteiger charge is 2.68. The maximum Gasteiger partial charge on any atom is 0.302 e. The second-order valence-corrected chi connectivity index (χ2v) is 15.4. The number of thioether (sulfide) groups is 1. The fraction of sp³-hybridized carbons (Fsp3) is 0.935. The third-order valence-electron chi connectivity index (χ3n) is 11.6. The van der Waals surface area contributed by atoms with Gasteiger partial charge in [-0.05, 0) is 85.9 Å². The predicted octanol–water partition coefficient (Wildman–Crippen LogP) is 7.41. The average molecular weight is 521 g/mol. The van der Waals surface area contributed by atoms with Crippen LogP contribution in [-0.4, -0.2) is 33.1 Å². The van der Waals surface area contributed by atoms with Gasteiger partial charge in [0.25, 0.3) is 0 Å². The molecule has 0 spiro atoms. The second kappa shape index (κ2) is 10.5. The summed E-state index contributed by atoms with van der Waals surface area (Å²) in [4.78, 5) is 24.1. The van der Waals surface area contributed by atoms with Gasteiger partial charge in [-0.1, -0.05) is 65.6 Å². The summed E-state index contributed by atoms with van der Waals surface area (Å²) in [7, 11) is 0. The minimum atomic E-state index is -0.973. The molecule has 206 valence electrons. The number of hydrogen-bond donors (Lipinski definition) is 1. The molecule has 0 heterocycles. The van der Waals surface area contributed by atoms with Crippen LogP contribution < -0.4 is 0 Å². The highest BCUT2D eigenvalue weighted by atomic mass is 32.2. The van der Waals surface area contributed by atoms with Gasteiger partial charge in [0.15, 0.2) is 5.12 Å². The third-order valence-corrected chi connectivity index (χ3v) is 12.8. The number of fused-ring (bicyclic) bond motifs is 5. The highest BCUT2D eigenvalue weighted by Crippen LogP contribution is 2.70. The summed E-state index contributed by atoms with van der Waals surface area (Å²) < 4.78 is 5.62. The first-order valence-corrected chi connectivity index (χ1v) is 15.8. The molecule has 36 heavy (non-hydrogen) atoms. The largest absolute Gasteiger partial charge is 0.462 e. The molecule has 4 aliphatic carbocycles. The SMILES string of the molecule is CC(=O)O[C@H]1CC[C@]2(C)[C@H]3CC[C@]4(C)[C@@H]([C@H](C)CCCC(C)C)CC[C@H]4[C@@H]3C[C@@H](SC(C)=O)[C@@]2(O)C1. The Labute approximate surface area is 224 Å². The molecular weight excluding hydrogens is 468 g/mol. The summed E-state index contributed by atoms with van der Waals surface area (Å²) in [6, 6.07) is 0. The second-order valence-electron chi connectivity index (χ2n) is 14.1. The van der Waals surface area contributed by atoms with Crippen LogP contribution in [0.2, 0.25) is 0 Å². The molecule has 4 rings (SSSR count). The van der Waals surface area contributed by atoms with Crippen LogP contribution in [0.25, 0.3) is 0 Å². The number of aliphatic hydroxyl groups is 1. The van der Waals surface area contributed by atoms with Crippen LogP contribution in [0.4, 0.5) is 0 Å². The number of carbonyl (C=O) groups excluding carboxylic acids is 2. The lowest BCUT2D eigenvalue weighted by molar-refractivity contribution is -0.220. The zero-order valence-corrected chi connectivity index (χ0v) is 24.8. The van der Waals surface area contributed by atoms with Gasteiger partial charge in [-0.2, -0.15) is 0 Å². The first kappa shape index (κ1) is 28.5. The Balaban J connectivity index is 1.59. The Morgan fingerprint density at radius 3 is 2.36 bits per heavy atom. The van der Waals surface area contributed by atoms with E-state index in [0.717, 1.165) is 37.0 Å². The van der Waals surface area contributed by atoms with Crippen LogP contribution in [0.5, 0.6) is 0 Å². The van der Waals surface area contributed by atoms with Crippen LogP contribution >= 0.6 is 11.8 Å². The van der Waals surface area contributed by atoms with Crippen molar-refractivity contribution in [2.45, 2.75) is 136 Å². The topological polar surface area (TPSA) is 63.6 Å². The van der Waals surface area contributed by atoms with E-state index in [1.807, 2.05) is 0 Å². The lowest BCUT2D eigenvalue weighted by Gasteiger charge is -2.66. The fourth-order valence-corrected chi connectivity index (χ4v) is 11.2. The van der Waals surface area contributed by atoms with Crippen molar-refractivity contribution in [3.8, 4) is 0 Å². The van der Waals surface area contributed by atoms with E-state index in [-0.39, 0.29) is 27.9 Å². The van der Waals surface area contributed by atoms with Crippen molar-refractivity contribution < 1.29 is 19.4 Å². The number of carbonyl (C=O) groups is 2. The van der Waals surface area contributed by atoms with E-state index in [1.54, 1.807) is 6.92 Å². The summed E-state index contributed by atoms with van der Waals surface area (Å²) in [5.74, 6) is 3.83. The summed E-state index contributed by atoms with van der Waals surface area (Å²) in [6.45, 7) is 15.2. The molecule has 0 aromatic carbocycles. The minimum absolute atomic E-state index is 0.0884.